The summed E-state index contributed by atoms with van der Waals surface area (Å²) < 4.78 is 11.9. The molecule has 184 valence electrons. The van der Waals surface area contributed by atoms with Gasteiger partial charge in [0.05, 0.1) is 20.3 Å². The molecule has 8 heteroatoms. The van der Waals surface area contributed by atoms with Gasteiger partial charge in [0.2, 0.25) is 0 Å². The lowest BCUT2D eigenvalue weighted by atomic mass is 9.85. The summed E-state index contributed by atoms with van der Waals surface area (Å²) in [7, 11) is 3.23. The molecule has 2 aromatic carbocycles. The van der Waals surface area contributed by atoms with E-state index in [2.05, 4.69) is 35.2 Å². The highest BCUT2D eigenvalue weighted by molar-refractivity contribution is 7.19. The number of carbonyl (C=O) groups excluding carboxylic acids is 2. The number of ether oxygens (including phenoxy) is 2. The molecule has 0 atom stereocenters. The number of piperidine rings is 1. The van der Waals surface area contributed by atoms with Crippen LogP contribution in [-0.4, -0.2) is 72.6 Å². The Labute approximate surface area is 209 Å². The molecule has 35 heavy (non-hydrogen) atoms. The Balaban J connectivity index is 1.32. The first-order chi connectivity index (χ1) is 17.0. The molecule has 7 nitrogen and oxygen atoms in total. The zero-order valence-electron chi connectivity index (χ0n) is 20.2. The van der Waals surface area contributed by atoms with Gasteiger partial charge in [0.1, 0.15) is 11.3 Å². The Kier molecular flexibility index (Phi) is 6.77. The van der Waals surface area contributed by atoms with Crippen LogP contribution in [0.3, 0.4) is 0 Å². The Morgan fingerprint density at radius 3 is 2.51 bits per heavy atom. The highest BCUT2D eigenvalue weighted by Gasteiger charge is 2.57. The molecule has 0 N–H and O–H groups in total. The van der Waals surface area contributed by atoms with Crippen molar-refractivity contribution in [1.82, 2.24) is 14.7 Å². The first kappa shape index (κ1) is 23.8. The van der Waals surface area contributed by atoms with Crippen LogP contribution in [0, 0.1) is 0 Å². The van der Waals surface area contributed by atoms with Gasteiger partial charge in [-0.1, -0.05) is 30.3 Å². The molecule has 0 saturated carbocycles. The van der Waals surface area contributed by atoms with Crippen LogP contribution in [0.15, 0.2) is 54.6 Å². The molecule has 2 aliphatic rings. The maximum Gasteiger partial charge on any atom is 0.328 e. The standard InChI is InChI=1S/C27H31N3O4S/c1-33-15-14-30-26(32)29(18-20-6-5-8-22(16-20)34-2)25(31)27(30)10-12-28(13-11-27)19-23-17-21-7-3-4-9-24(21)35-23/h3-9,16-17H,10-15,18-19H2,1-2H3. The molecule has 3 aromatic rings. The fourth-order valence-corrected chi connectivity index (χ4v) is 6.37. The van der Waals surface area contributed by atoms with Crippen molar-refractivity contribution in [1.29, 1.82) is 0 Å². The van der Waals surface area contributed by atoms with Crippen LogP contribution < -0.4 is 4.74 Å². The van der Waals surface area contributed by atoms with E-state index in [9.17, 15) is 9.59 Å². The van der Waals surface area contributed by atoms with E-state index in [4.69, 9.17) is 9.47 Å². The summed E-state index contributed by atoms with van der Waals surface area (Å²) in [5.41, 5.74) is 0.0718. The lowest BCUT2D eigenvalue weighted by molar-refractivity contribution is -0.136. The van der Waals surface area contributed by atoms with E-state index in [1.54, 1.807) is 19.1 Å². The summed E-state index contributed by atoms with van der Waals surface area (Å²) in [5, 5.41) is 1.27. The molecule has 5 rings (SSSR count). The third kappa shape index (κ3) is 4.53. The molecule has 0 radical (unpaired) electrons. The maximum absolute atomic E-state index is 13.8. The topological polar surface area (TPSA) is 62.3 Å². The number of rotatable bonds is 8. The Morgan fingerprint density at radius 2 is 1.77 bits per heavy atom. The van der Waals surface area contributed by atoms with Crippen LogP contribution in [0.1, 0.15) is 23.3 Å². The first-order valence-electron chi connectivity index (χ1n) is 12.0. The van der Waals surface area contributed by atoms with Gasteiger partial charge in [0, 0.05) is 42.9 Å². The quantitative estimate of drug-likeness (QED) is 0.437. The number of hydrogen-bond donors (Lipinski definition) is 0. The largest absolute Gasteiger partial charge is 0.497 e. The summed E-state index contributed by atoms with van der Waals surface area (Å²) in [6.45, 7) is 3.45. The molecule has 3 heterocycles. The number of carbonyl (C=O) groups is 2. The lowest BCUT2D eigenvalue weighted by Crippen LogP contribution is -2.57. The van der Waals surface area contributed by atoms with Gasteiger partial charge in [-0.05, 0) is 48.1 Å². The van der Waals surface area contributed by atoms with Crippen molar-refractivity contribution in [2.45, 2.75) is 31.5 Å². The minimum atomic E-state index is -0.800. The first-order valence-corrected chi connectivity index (χ1v) is 12.8. The fraction of sp³-hybridized carbons (Fsp3) is 0.407. The number of fused-ring (bicyclic) bond motifs is 1. The van der Waals surface area contributed by atoms with Crippen LogP contribution in [0.5, 0.6) is 5.75 Å². The summed E-state index contributed by atoms with van der Waals surface area (Å²) in [4.78, 5) is 34.1. The monoisotopic (exact) mass is 493 g/mol. The van der Waals surface area contributed by atoms with E-state index in [0.717, 1.165) is 25.2 Å². The van der Waals surface area contributed by atoms with Gasteiger partial charge in [-0.15, -0.1) is 11.3 Å². The van der Waals surface area contributed by atoms with Gasteiger partial charge in [0.25, 0.3) is 5.91 Å². The normalized spacial score (nSPS) is 18.2. The molecule has 1 aromatic heterocycles. The van der Waals surface area contributed by atoms with Gasteiger partial charge in [0.15, 0.2) is 0 Å². The van der Waals surface area contributed by atoms with E-state index in [1.807, 2.05) is 35.6 Å². The molecule has 0 bridgehead atoms. The molecule has 0 aliphatic carbocycles. The van der Waals surface area contributed by atoms with Gasteiger partial charge in [-0.3, -0.25) is 14.6 Å². The van der Waals surface area contributed by atoms with Crippen LogP contribution in [0.2, 0.25) is 0 Å². The van der Waals surface area contributed by atoms with Crippen molar-refractivity contribution < 1.29 is 19.1 Å². The lowest BCUT2D eigenvalue weighted by Gasteiger charge is -2.42. The van der Waals surface area contributed by atoms with Crippen LogP contribution in [0.25, 0.3) is 10.1 Å². The smallest absolute Gasteiger partial charge is 0.328 e. The minimum absolute atomic E-state index is 0.0945. The van der Waals surface area contributed by atoms with E-state index in [1.165, 1.54) is 19.9 Å². The molecule has 3 amide bonds. The van der Waals surface area contributed by atoms with E-state index in [-0.39, 0.29) is 18.5 Å². The number of likely N-dealkylation sites (tertiary alicyclic amines) is 1. The number of nitrogens with zero attached hydrogens (tertiary/aromatic N) is 3. The van der Waals surface area contributed by atoms with Crippen molar-refractivity contribution >= 4 is 33.4 Å². The van der Waals surface area contributed by atoms with Crippen molar-refractivity contribution in [2.24, 2.45) is 0 Å². The summed E-state index contributed by atoms with van der Waals surface area (Å²) in [5.74, 6) is 0.616. The van der Waals surface area contributed by atoms with Crippen molar-refractivity contribution in [3.05, 3.63) is 65.0 Å². The number of urea groups is 1. The average Bonchev–Trinajstić information content (AvgIpc) is 3.37. The molecular formula is C27H31N3O4S. The predicted octanol–water partition coefficient (Wildman–Crippen LogP) is 4.36. The third-order valence-corrected chi connectivity index (χ3v) is 8.26. The zero-order chi connectivity index (χ0) is 24.4. The van der Waals surface area contributed by atoms with Gasteiger partial charge >= 0.3 is 6.03 Å². The van der Waals surface area contributed by atoms with Crippen molar-refractivity contribution in [2.75, 3.05) is 40.5 Å². The van der Waals surface area contributed by atoms with Gasteiger partial charge in [-0.2, -0.15) is 0 Å². The third-order valence-electron chi connectivity index (χ3n) is 7.15. The van der Waals surface area contributed by atoms with Crippen molar-refractivity contribution in [3.63, 3.8) is 0 Å². The highest BCUT2D eigenvalue weighted by Crippen LogP contribution is 2.39. The second-order valence-corrected chi connectivity index (χ2v) is 10.4. The molecule has 2 saturated heterocycles. The van der Waals surface area contributed by atoms with E-state index in [0.29, 0.717) is 31.7 Å². The second kappa shape index (κ2) is 9.97. The summed E-state index contributed by atoms with van der Waals surface area (Å²) >= 11 is 1.82. The highest BCUT2D eigenvalue weighted by atomic mass is 32.1. The SMILES string of the molecule is COCCN1C(=O)N(Cc2cccc(OC)c2)C(=O)C12CCN(Cc1cc3ccccc3s1)CC2. The number of thiophene rings is 1. The van der Waals surface area contributed by atoms with Gasteiger partial charge < -0.3 is 14.4 Å². The Hall–Kier alpha value is -2.94. The van der Waals surface area contributed by atoms with E-state index < -0.39 is 5.54 Å². The maximum atomic E-state index is 13.8. The second-order valence-electron chi connectivity index (χ2n) is 9.23. The molecule has 1 spiro atoms. The number of methoxy groups -OCH3 is 2. The van der Waals surface area contributed by atoms with Gasteiger partial charge in [-0.25, -0.2) is 4.79 Å². The Morgan fingerprint density at radius 1 is 0.971 bits per heavy atom. The number of hydrogen-bond acceptors (Lipinski definition) is 6. The molecule has 0 unspecified atom stereocenters. The molecular weight excluding hydrogens is 462 g/mol. The minimum Gasteiger partial charge on any atom is -0.497 e. The fourth-order valence-electron chi connectivity index (χ4n) is 5.27. The number of amides is 3. The zero-order valence-corrected chi connectivity index (χ0v) is 21.1. The summed E-state index contributed by atoms with van der Waals surface area (Å²) in [6, 6.07) is 18.0. The number of benzene rings is 2. The van der Waals surface area contributed by atoms with Crippen molar-refractivity contribution in [3.8, 4) is 5.75 Å². The number of imide groups is 1. The summed E-state index contributed by atoms with van der Waals surface area (Å²) in [6.07, 6.45) is 1.25. The Bertz CT molecular complexity index is 1180. The van der Waals surface area contributed by atoms with E-state index >= 15 is 0 Å². The predicted molar refractivity (Wildman–Crippen MR) is 137 cm³/mol. The molecule has 2 aliphatic heterocycles. The molecule has 2 fully saturated rings. The van der Waals surface area contributed by atoms with Crippen LogP contribution in [-0.2, 0) is 22.6 Å². The van der Waals surface area contributed by atoms with Crippen LogP contribution >= 0.6 is 11.3 Å². The van der Waals surface area contributed by atoms with Crippen LogP contribution in [0.4, 0.5) is 4.79 Å². The average molecular weight is 494 g/mol.